The molecule has 3 heteroatoms. The Kier molecular flexibility index (Phi) is 72.5. The molecular weight excluding hydrogens is 1230 g/mol. The molecule has 0 fully saturated rings. The van der Waals surface area contributed by atoms with Crippen molar-refractivity contribution in [3.8, 4) is 0 Å². The van der Waals surface area contributed by atoms with Crippen LogP contribution in [-0.2, 0) is 33.3 Å². The van der Waals surface area contributed by atoms with E-state index in [0.717, 1.165) is 86.7 Å². The maximum atomic E-state index is 11.7. The van der Waals surface area contributed by atoms with Crippen molar-refractivity contribution < 1.29 is 25.1 Å². The quantitative estimate of drug-likeness (QED) is 0.0273. The van der Waals surface area contributed by atoms with E-state index in [-0.39, 0.29) is 20.4 Å². The Balaban J connectivity index is 0.00000138. The average molecular weight is 1390 g/mol. The molecule has 0 N–H and O–H groups in total. The minimum Gasteiger partial charge on any atom is -0.493 e. The molecule has 0 bridgehead atoms. The van der Waals surface area contributed by atoms with E-state index in [2.05, 4.69) is 104 Å². The molecule has 3 rings (SSSR count). The first kappa shape index (κ1) is 92.2. The molecule has 0 saturated carbocycles. The Labute approximate surface area is 605 Å². The maximum absolute atomic E-state index is 11.7. The van der Waals surface area contributed by atoms with Crippen molar-refractivity contribution in [3.63, 3.8) is 0 Å². The number of rotatable bonds is 67. The Morgan fingerprint density at radius 3 is 0.755 bits per heavy atom. The van der Waals surface area contributed by atoms with Gasteiger partial charge in [-0.1, -0.05) is 432 Å². The summed E-state index contributed by atoms with van der Waals surface area (Å²) in [4.78, 5) is 0. The van der Waals surface area contributed by atoms with Crippen LogP contribution in [0.25, 0.3) is 16.9 Å². The van der Waals surface area contributed by atoms with Crippen molar-refractivity contribution >= 4 is 11.4 Å². The molecule has 0 radical (unpaired) electrons. The second kappa shape index (κ2) is 73.9. The summed E-state index contributed by atoms with van der Waals surface area (Å²) in [6.07, 6.45) is 93.6. The molecular formula is C91H164N2Pd. The van der Waals surface area contributed by atoms with Crippen LogP contribution >= 0.6 is 0 Å². The second-order valence-electron chi connectivity index (χ2n) is 29.5. The van der Waals surface area contributed by atoms with E-state index in [9.17, 15) is 5.53 Å². The van der Waals surface area contributed by atoms with E-state index < -0.39 is 0 Å². The predicted octanol–water partition coefficient (Wildman–Crippen LogP) is 33.1. The SMILES string of the molecule is CCCCCc1cccc(C2=C(CCCC)C(CCCC)=C(c3ccc(CCCC)cc3)[N+]2=[N-])c1.[CH2-]CCCCCCCCCCCCCCCCCCCCCCCCCCCC.[CH2-]CCCCCCCCCCCCCCCCCCCCCCCCCCCC.[Pd+2]. The summed E-state index contributed by atoms with van der Waals surface area (Å²) in [5, 5.41) is 0. The van der Waals surface area contributed by atoms with Gasteiger partial charge >= 0.3 is 20.4 Å². The number of benzene rings is 2. The largest absolute Gasteiger partial charge is 2.00 e. The average Bonchev–Trinajstić information content (AvgIpc) is 1.61. The normalized spacial score (nSPS) is 12.2. The fourth-order valence-electron chi connectivity index (χ4n) is 14.1. The van der Waals surface area contributed by atoms with Gasteiger partial charge in [-0.25, -0.2) is 4.70 Å². The molecule has 0 aromatic heterocycles. The molecule has 0 aliphatic carbocycles. The standard InChI is InChI=1S/C33H46N2.2C29H59.Pd/c1-5-9-13-16-27-17-14-18-29(25-27)33-31(20-12-8-4)30(19-11-7-3)32(35(33)34)28-23-21-26(22-24-28)15-10-6-2;2*1-3-5-7-9-11-13-15-17-19-21-23-25-27-29-28-26-24-22-20-18-16-14-12-10-8-6-4-2;/h14,17-18,21-25H,5-13,15-16,19-20H2,1-4H3;2*1,3-29H2,2H3;/q;2*-1;+2. The molecule has 0 spiro atoms. The summed E-state index contributed by atoms with van der Waals surface area (Å²) in [5.41, 5.74) is 21.5. The molecule has 1 heterocycles. The molecule has 2 aromatic carbocycles. The van der Waals surface area contributed by atoms with Gasteiger partial charge in [0.2, 0.25) is 11.4 Å². The summed E-state index contributed by atoms with van der Waals surface area (Å²) >= 11 is 0. The molecule has 2 nitrogen and oxygen atoms in total. The van der Waals surface area contributed by atoms with E-state index >= 15 is 0 Å². The van der Waals surface area contributed by atoms with Crippen LogP contribution in [0.1, 0.15) is 481 Å². The van der Waals surface area contributed by atoms with E-state index in [0.29, 0.717) is 0 Å². The van der Waals surface area contributed by atoms with Gasteiger partial charge in [0.25, 0.3) is 0 Å². The summed E-state index contributed by atoms with van der Waals surface area (Å²) in [7, 11) is 0. The zero-order valence-corrected chi connectivity index (χ0v) is 66.2. The Bertz CT molecular complexity index is 1820. The first-order chi connectivity index (χ1) is 46.0. The van der Waals surface area contributed by atoms with Crippen LogP contribution in [0.5, 0.6) is 0 Å². The monoisotopic (exact) mass is 1390 g/mol. The molecule has 0 unspecified atom stereocenters. The third-order valence-electron chi connectivity index (χ3n) is 20.4. The van der Waals surface area contributed by atoms with Crippen LogP contribution in [0.4, 0.5) is 0 Å². The molecule has 0 saturated heterocycles. The summed E-state index contributed by atoms with van der Waals surface area (Å²) in [5.74, 6) is 0. The predicted molar refractivity (Wildman–Crippen MR) is 423 cm³/mol. The fraction of sp³-hybridized carbons (Fsp3) is 0.802. The van der Waals surface area contributed by atoms with Crippen LogP contribution in [-0.4, -0.2) is 4.70 Å². The van der Waals surface area contributed by atoms with Gasteiger partial charge in [-0.3, -0.25) is 0 Å². The van der Waals surface area contributed by atoms with Gasteiger partial charge in [-0.05, 0) is 86.8 Å². The first-order valence-corrected chi connectivity index (χ1v) is 42.7. The van der Waals surface area contributed by atoms with Gasteiger partial charge in [0, 0.05) is 22.3 Å². The number of aryl methyl sites for hydroxylation is 2. The number of nitrogens with zero attached hydrogens (tertiary/aromatic N) is 2. The topological polar surface area (TPSA) is 25.3 Å². The van der Waals surface area contributed by atoms with Crippen LogP contribution < -0.4 is 0 Å². The smallest absolute Gasteiger partial charge is 0.493 e. The van der Waals surface area contributed by atoms with E-state index in [1.165, 1.54) is 393 Å². The Hall–Kier alpha value is -1.82. The zero-order chi connectivity index (χ0) is 67.2. The Morgan fingerprint density at radius 2 is 0.479 bits per heavy atom. The van der Waals surface area contributed by atoms with Gasteiger partial charge < -0.3 is 19.4 Å². The number of hydrogen-bond acceptors (Lipinski definition) is 0. The van der Waals surface area contributed by atoms with Crippen LogP contribution in [0.2, 0.25) is 0 Å². The molecule has 0 amide bonds. The molecule has 0 atom stereocenters. The third kappa shape index (κ3) is 54.1. The minimum atomic E-state index is 0. The van der Waals surface area contributed by atoms with Crippen LogP contribution in [0.15, 0.2) is 59.7 Å². The van der Waals surface area contributed by atoms with E-state index in [1.54, 1.807) is 0 Å². The van der Waals surface area contributed by atoms with Crippen molar-refractivity contribution in [1.82, 2.24) is 0 Å². The van der Waals surface area contributed by atoms with Gasteiger partial charge in [0.1, 0.15) is 0 Å². The minimum absolute atomic E-state index is 0. The number of allylic oxidation sites excluding steroid dienone is 2. The third-order valence-corrected chi connectivity index (χ3v) is 20.4. The Morgan fingerprint density at radius 1 is 0.245 bits per heavy atom. The molecule has 548 valence electrons. The molecule has 1 aliphatic heterocycles. The first-order valence-electron chi connectivity index (χ1n) is 42.7. The van der Waals surface area contributed by atoms with Gasteiger partial charge in [-0.2, -0.15) is 12.8 Å². The van der Waals surface area contributed by atoms with E-state index in [4.69, 9.17) is 0 Å². The molecule has 1 aliphatic rings. The number of unbranched alkanes of at least 4 members (excludes halogenated alkanes) is 57. The second-order valence-corrected chi connectivity index (χ2v) is 29.5. The van der Waals surface area contributed by atoms with Gasteiger partial charge in [0.05, 0.1) is 0 Å². The fourth-order valence-corrected chi connectivity index (χ4v) is 14.1. The van der Waals surface area contributed by atoms with Crippen molar-refractivity contribution in [2.75, 3.05) is 0 Å². The van der Waals surface area contributed by atoms with Crippen molar-refractivity contribution in [3.05, 3.63) is 101 Å². The summed E-state index contributed by atoms with van der Waals surface area (Å²) in [6, 6.07) is 17.8. The van der Waals surface area contributed by atoms with Gasteiger partial charge in [0.15, 0.2) is 0 Å². The van der Waals surface area contributed by atoms with Crippen LogP contribution in [0, 0.1) is 13.8 Å². The van der Waals surface area contributed by atoms with Crippen molar-refractivity contribution in [1.29, 1.82) is 0 Å². The van der Waals surface area contributed by atoms with Gasteiger partial charge in [-0.15, -0.1) is 0 Å². The van der Waals surface area contributed by atoms with Crippen molar-refractivity contribution in [2.24, 2.45) is 0 Å². The molecule has 94 heavy (non-hydrogen) atoms. The summed E-state index contributed by atoms with van der Waals surface area (Å²) < 4.78 is 1.53. The van der Waals surface area contributed by atoms with Crippen molar-refractivity contribution in [2.45, 2.75) is 472 Å². The molecule has 2 aromatic rings. The zero-order valence-electron chi connectivity index (χ0n) is 64.6. The van der Waals surface area contributed by atoms with Crippen LogP contribution in [0.3, 0.4) is 0 Å². The van der Waals surface area contributed by atoms with E-state index in [1.807, 2.05) is 0 Å². The summed E-state index contributed by atoms with van der Waals surface area (Å²) in [6.45, 7) is 21.4. The number of hydrogen-bond donors (Lipinski definition) is 0. The maximum Gasteiger partial charge on any atom is 2.00 e.